The molecule has 0 saturated heterocycles. The summed E-state index contributed by atoms with van der Waals surface area (Å²) < 4.78 is 1.83. The first-order valence-corrected chi connectivity index (χ1v) is 6.11. The van der Waals surface area contributed by atoms with E-state index in [9.17, 15) is 0 Å². The molecule has 5 nitrogen and oxygen atoms in total. The first-order valence-electron chi connectivity index (χ1n) is 6.11. The molecule has 1 aliphatic rings. The van der Waals surface area contributed by atoms with E-state index >= 15 is 0 Å². The maximum atomic E-state index is 9.03. The number of aliphatic hydroxyl groups excluding tert-OH is 1. The molecule has 0 amide bonds. The summed E-state index contributed by atoms with van der Waals surface area (Å²) in [5, 5.41) is 16.5. The fourth-order valence-corrected chi connectivity index (χ4v) is 2.26. The van der Waals surface area contributed by atoms with Crippen LogP contribution in [0.25, 0.3) is 0 Å². The van der Waals surface area contributed by atoms with Crippen LogP contribution in [0.3, 0.4) is 0 Å². The predicted octanol–water partition coefficient (Wildman–Crippen LogP) is 1.29. The highest BCUT2D eigenvalue weighted by Gasteiger charge is 2.22. The van der Waals surface area contributed by atoms with Gasteiger partial charge in [-0.3, -0.25) is 0 Å². The molecule has 0 saturated carbocycles. The van der Waals surface area contributed by atoms with Crippen LogP contribution in [0, 0.1) is 6.92 Å². The number of benzene rings is 1. The Bertz CT molecular complexity index is 547. The molecular weight excluding hydrogens is 228 g/mol. The number of aliphatic hydroxyl groups is 1. The van der Waals surface area contributed by atoms with E-state index in [2.05, 4.69) is 46.6 Å². The van der Waals surface area contributed by atoms with Crippen molar-refractivity contribution in [1.29, 1.82) is 0 Å². The average Bonchev–Trinajstić information content (AvgIpc) is 2.81. The maximum absolute atomic E-state index is 9.03. The first-order chi connectivity index (χ1) is 8.76. The number of hydrogen-bond donors (Lipinski definition) is 2. The third-order valence-electron chi connectivity index (χ3n) is 3.31. The van der Waals surface area contributed by atoms with E-state index in [1.54, 1.807) is 0 Å². The number of aryl methyl sites for hydroxylation is 1. The van der Waals surface area contributed by atoms with Crippen LogP contribution < -0.4 is 5.32 Å². The van der Waals surface area contributed by atoms with Crippen molar-refractivity contribution in [2.24, 2.45) is 0 Å². The van der Waals surface area contributed by atoms with E-state index in [-0.39, 0.29) is 6.61 Å². The monoisotopic (exact) mass is 244 g/mol. The molecule has 5 heteroatoms. The Labute approximate surface area is 105 Å². The van der Waals surface area contributed by atoms with Crippen molar-refractivity contribution in [3.63, 3.8) is 0 Å². The van der Waals surface area contributed by atoms with Gasteiger partial charge in [0.2, 0.25) is 5.95 Å². The third kappa shape index (κ3) is 1.97. The second-order valence-electron chi connectivity index (χ2n) is 4.68. The van der Waals surface area contributed by atoms with Gasteiger partial charge < -0.3 is 10.4 Å². The molecule has 3 rings (SSSR count). The lowest BCUT2D eigenvalue weighted by Crippen LogP contribution is -2.26. The molecule has 94 valence electrons. The van der Waals surface area contributed by atoms with E-state index in [0.717, 1.165) is 19.0 Å². The zero-order chi connectivity index (χ0) is 12.5. The van der Waals surface area contributed by atoms with Crippen LogP contribution in [0.15, 0.2) is 24.3 Å². The standard InChI is InChI=1S/C13H16N4O/c1-9-2-4-10(5-3-9)11-6-14-13-15-12(8-18)16-17(13)7-11/h2-5,11,18H,6-8H2,1H3,(H,14,15,16). The minimum Gasteiger partial charge on any atom is -0.388 e. The highest BCUT2D eigenvalue weighted by Crippen LogP contribution is 2.24. The second kappa shape index (κ2) is 4.42. The average molecular weight is 244 g/mol. The van der Waals surface area contributed by atoms with Crippen molar-refractivity contribution >= 4 is 5.95 Å². The normalized spacial score (nSPS) is 18.2. The molecule has 2 heterocycles. The molecule has 0 aliphatic carbocycles. The van der Waals surface area contributed by atoms with Gasteiger partial charge in [-0.05, 0) is 12.5 Å². The van der Waals surface area contributed by atoms with E-state index in [1.165, 1.54) is 11.1 Å². The van der Waals surface area contributed by atoms with Crippen molar-refractivity contribution in [1.82, 2.24) is 14.8 Å². The van der Waals surface area contributed by atoms with E-state index in [1.807, 2.05) is 4.68 Å². The number of nitrogens with one attached hydrogen (secondary N) is 1. The molecule has 2 aromatic rings. The van der Waals surface area contributed by atoms with Gasteiger partial charge in [0.25, 0.3) is 0 Å². The summed E-state index contributed by atoms with van der Waals surface area (Å²) in [5.74, 6) is 1.62. The summed E-state index contributed by atoms with van der Waals surface area (Å²) in [6, 6.07) is 8.59. The van der Waals surface area contributed by atoms with Crippen LogP contribution in [-0.4, -0.2) is 26.4 Å². The van der Waals surface area contributed by atoms with Crippen molar-refractivity contribution < 1.29 is 5.11 Å². The highest BCUT2D eigenvalue weighted by molar-refractivity contribution is 5.33. The zero-order valence-electron chi connectivity index (χ0n) is 10.3. The number of fused-ring (bicyclic) bond motifs is 1. The summed E-state index contributed by atoms with van der Waals surface area (Å²) in [5.41, 5.74) is 2.58. The lowest BCUT2D eigenvalue weighted by Gasteiger charge is -2.24. The van der Waals surface area contributed by atoms with Gasteiger partial charge in [0.1, 0.15) is 6.61 Å². The number of aromatic nitrogens is 3. The van der Waals surface area contributed by atoms with Crippen LogP contribution in [0.5, 0.6) is 0 Å². The predicted molar refractivity (Wildman–Crippen MR) is 68.4 cm³/mol. The molecule has 0 spiro atoms. The lowest BCUT2D eigenvalue weighted by atomic mass is 9.97. The summed E-state index contributed by atoms with van der Waals surface area (Å²) >= 11 is 0. The molecule has 1 aliphatic heterocycles. The Hall–Kier alpha value is -1.88. The van der Waals surface area contributed by atoms with Gasteiger partial charge in [-0.25, -0.2) is 4.68 Å². The Kier molecular flexibility index (Phi) is 2.76. The number of nitrogens with zero attached hydrogens (tertiary/aromatic N) is 3. The topological polar surface area (TPSA) is 63.0 Å². The number of rotatable bonds is 2. The van der Waals surface area contributed by atoms with Gasteiger partial charge >= 0.3 is 0 Å². The summed E-state index contributed by atoms with van der Waals surface area (Å²) in [4.78, 5) is 4.20. The summed E-state index contributed by atoms with van der Waals surface area (Å²) in [6.45, 7) is 3.63. The fraction of sp³-hybridized carbons (Fsp3) is 0.385. The maximum Gasteiger partial charge on any atom is 0.221 e. The lowest BCUT2D eigenvalue weighted by molar-refractivity contribution is 0.270. The van der Waals surface area contributed by atoms with Crippen molar-refractivity contribution in [3.8, 4) is 0 Å². The quantitative estimate of drug-likeness (QED) is 0.835. The molecule has 1 atom stereocenters. The summed E-state index contributed by atoms with van der Waals surface area (Å²) in [6.07, 6.45) is 0. The SMILES string of the molecule is Cc1ccc(C2CNc3nc(CO)nn3C2)cc1. The van der Waals surface area contributed by atoms with Crippen LogP contribution in [-0.2, 0) is 13.2 Å². The molecule has 0 radical (unpaired) electrons. The van der Waals surface area contributed by atoms with E-state index in [0.29, 0.717) is 11.7 Å². The zero-order valence-corrected chi connectivity index (χ0v) is 10.3. The van der Waals surface area contributed by atoms with Gasteiger partial charge in [0, 0.05) is 12.5 Å². The van der Waals surface area contributed by atoms with E-state index in [4.69, 9.17) is 5.11 Å². The Balaban J connectivity index is 1.83. The second-order valence-corrected chi connectivity index (χ2v) is 4.68. The van der Waals surface area contributed by atoms with Crippen molar-refractivity contribution in [2.45, 2.75) is 26.0 Å². The first kappa shape index (κ1) is 11.2. The Morgan fingerprint density at radius 2 is 2.17 bits per heavy atom. The molecule has 0 fully saturated rings. The number of anilines is 1. The molecule has 0 bridgehead atoms. The molecule has 1 aromatic carbocycles. The molecular formula is C13H16N4O. The summed E-state index contributed by atoms with van der Waals surface area (Å²) in [7, 11) is 0. The molecule has 18 heavy (non-hydrogen) atoms. The van der Waals surface area contributed by atoms with Crippen LogP contribution in [0.1, 0.15) is 22.9 Å². The van der Waals surface area contributed by atoms with Gasteiger partial charge in [-0.1, -0.05) is 29.8 Å². The van der Waals surface area contributed by atoms with Crippen LogP contribution in [0.4, 0.5) is 5.95 Å². The minimum atomic E-state index is -0.114. The Morgan fingerprint density at radius 3 is 2.89 bits per heavy atom. The van der Waals surface area contributed by atoms with Gasteiger partial charge in [-0.2, -0.15) is 10.1 Å². The largest absolute Gasteiger partial charge is 0.388 e. The minimum absolute atomic E-state index is 0.114. The Morgan fingerprint density at radius 1 is 1.39 bits per heavy atom. The molecule has 1 unspecified atom stereocenters. The highest BCUT2D eigenvalue weighted by atomic mass is 16.3. The van der Waals surface area contributed by atoms with Crippen LogP contribution in [0.2, 0.25) is 0 Å². The van der Waals surface area contributed by atoms with Crippen molar-refractivity contribution in [2.75, 3.05) is 11.9 Å². The van der Waals surface area contributed by atoms with Gasteiger partial charge in [0.05, 0.1) is 6.54 Å². The smallest absolute Gasteiger partial charge is 0.221 e. The van der Waals surface area contributed by atoms with E-state index < -0.39 is 0 Å². The molecule has 2 N–H and O–H groups in total. The fourth-order valence-electron chi connectivity index (χ4n) is 2.26. The molecule has 1 aromatic heterocycles. The van der Waals surface area contributed by atoms with Gasteiger partial charge in [-0.15, -0.1) is 0 Å². The van der Waals surface area contributed by atoms with Crippen LogP contribution >= 0.6 is 0 Å². The number of hydrogen-bond acceptors (Lipinski definition) is 4. The van der Waals surface area contributed by atoms with Gasteiger partial charge in [0.15, 0.2) is 5.82 Å². The van der Waals surface area contributed by atoms with Crippen molar-refractivity contribution in [3.05, 3.63) is 41.2 Å². The third-order valence-corrected chi connectivity index (χ3v) is 3.31.